The fraction of sp³-hybridized carbons (Fsp3) is 0.261. The van der Waals surface area contributed by atoms with Crippen LogP contribution in [0.5, 0.6) is 0 Å². The average molecular weight is 418 g/mol. The number of fused-ring (bicyclic) bond motifs is 2. The Morgan fingerprint density at radius 2 is 2.00 bits per heavy atom. The number of hydrogen-bond acceptors (Lipinski definition) is 7. The van der Waals surface area contributed by atoms with Crippen molar-refractivity contribution in [3.8, 4) is 6.07 Å². The first-order valence-electron chi connectivity index (χ1n) is 9.43. The molecule has 0 aliphatic heterocycles. The van der Waals surface area contributed by atoms with Gasteiger partial charge in [0, 0.05) is 17.4 Å². The molecule has 1 aliphatic carbocycles. The van der Waals surface area contributed by atoms with E-state index in [1.165, 1.54) is 6.07 Å². The van der Waals surface area contributed by atoms with Crippen molar-refractivity contribution >= 4 is 34.3 Å². The fourth-order valence-electron chi connectivity index (χ4n) is 3.61. The summed E-state index contributed by atoms with van der Waals surface area (Å²) < 4.78 is 5.23. The van der Waals surface area contributed by atoms with Gasteiger partial charge in [0.2, 0.25) is 0 Å². The van der Waals surface area contributed by atoms with E-state index >= 15 is 0 Å². The second-order valence-corrected chi connectivity index (χ2v) is 9.05. The van der Waals surface area contributed by atoms with Crippen molar-refractivity contribution in [1.82, 2.24) is 4.98 Å². The zero-order chi connectivity index (χ0) is 21.5. The molecule has 0 unspecified atom stereocenters. The first-order valence-corrected chi connectivity index (χ1v) is 10.4. The second-order valence-electron chi connectivity index (χ2n) is 8.09. The number of hydrogen-bond donors (Lipinski definition) is 0. The predicted molar refractivity (Wildman–Crippen MR) is 113 cm³/mol. The van der Waals surface area contributed by atoms with Gasteiger partial charge in [0.15, 0.2) is 11.6 Å². The van der Waals surface area contributed by atoms with E-state index in [1.807, 2.05) is 13.8 Å². The van der Waals surface area contributed by atoms with E-state index in [9.17, 15) is 19.6 Å². The van der Waals surface area contributed by atoms with Crippen LogP contribution in [0.15, 0.2) is 50.6 Å². The second kappa shape index (κ2) is 7.54. The Morgan fingerprint density at radius 3 is 2.77 bits per heavy atom. The van der Waals surface area contributed by atoms with E-state index in [4.69, 9.17) is 4.42 Å². The van der Waals surface area contributed by atoms with Gasteiger partial charge in [-0.15, -0.1) is 0 Å². The SMILES string of the molecule is CC1(C)CC(=O)c2cc(C#N)c(SCC(=O)c3cc4ccccc4oc3=O)nc2C1. The quantitative estimate of drug-likeness (QED) is 0.356. The first-order chi connectivity index (χ1) is 14.3. The van der Waals surface area contributed by atoms with Crippen LogP contribution in [0.4, 0.5) is 0 Å². The van der Waals surface area contributed by atoms with Crippen LogP contribution < -0.4 is 5.63 Å². The molecule has 1 aliphatic rings. The van der Waals surface area contributed by atoms with Gasteiger partial charge in [-0.1, -0.05) is 43.8 Å². The zero-order valence-electron chi connectivity index (χ0n) is 16.5. The third-order valence-corrected chi connectivity index (χ3v) is 6.05. The Kier molecular flexibility index (Phi) is 5.04. The predicted octanol–water partition coefficient (Wildman–Crippen LogP) is 4.19. The Bertz CT molecular complexity index is 1300. The van der Waals surface area contributed by atoms with Crippen molar-refractivity contribution in [2.45, 2.75) is 31.7 Å². The number of carbonyl (C=O) groups excluding carboxylic acids is 2. The van der Waals surface area contributed by atoms with Crippen LogP contribution in [-0.4, -0.2) is 22.3 Å². The highest BCUT2D eigenvalue weighted by atomic mass is 32.2. The lowest BCUT2D eigenvalue weighted by atomic mass is 9.75. The minimum atomic E-state index is -0.689. The fourth-order valence-corrected chi connectivity index (χ4v) is 4.47. The van der Waals surface area contributed by atoms with Gasteiger partial charge in [0.25, 0.3) is 0 Å². The van der Waals surface area contributed by atoms with Gasteiger partial charge in [-0.05, 0) is 30.0 Å². The van der Waals surface area contributed by atoms with Gasteiger partial charge < -0.3 is 4.42 Å². The summed E-state index contributed by atoms with van der Waals surface area (Å²) in [5.74, 6) is -0.494. The van der Waals surface area contributed by atoms with Crippen molar-refractivity contribution in [3.63, 3.8) is 0 Å². The normalized spacial score (nSPS) is 14.9. The molecule has 0 atom stereocenters. The van der Waals surface area contributed by atoms with Crippen molar-refractivity contribution < 1.29 is 14.0 Å². The topological polar surface area (TPSA) is 101 Å². The van der Waals surface area contributed by atoms with Crippen molar-refractivity contribution in [1.29, 1.82) is 5.26 Å². The van der Waals surface area contributed by atoms with Crippen LogP contribution in [-0.2, 0) is 6.42 Å². The molecular formula is C23H18N2O4S. The highest BCUT2D eigenvalue weighted by molar-refractivity contribution is 8.00. The van der Waals surface area contributed by atoms with Gasteiger partial charge >= 0.3 is 5.63 Å². The van der Waals surface area contributed by atoms with Gasteiger partial charge in [0.1, 0.15) is 22.2 Å². The van der Waals surface area contributed by atoms with E-state index in [1.54, 1.807) is 30.3 Å². The van der Waals surface area contributed by atoms with Crippen molar-refractivity contribution in [3.05, 3.63) is 69.2 Å². The van der Waals surface area contributed by atoms with Gasteiger partial charge in [0.05, 0.1) is 17.0 Å². The molecule has 3 aromatic rings. The van der Waals surface area contributed by atoms with E-state index in [0.29, 0.717) is 40.1 Å². The zero-order valence-corrected chi connectivity index (χ0v) is 17.3. The molecule has 0 fully saturated rings. The summed E-state index contributed by atoms with van der Waals surface area (Å²) in [5.41, 5.74) is 0.881. The summed E-state index contributed by atoms with van der Waals surface area (Å²) in [5, 5.41) is 10.5. The number of ketones is 2. The highest BCUT2D eigenvalue weighted by Gasteiger charge is 2.33. The molecule has 0 saturated carbocycles. The molecule has 2 aromatic heterocycles. The number of thioether (sulfide) groups is 1. The molecule has 0 amide bonds. The molecule has 4 rings (SSSR count). The summed E-state index contributed by atoms with van der Waals surface area (Å²) >= 11 is 1.09. The molecule has 2 heterocycles. The highest BCUT2D eigenvalue weighted by Crippen LogP contribution is 2.36. The maximum absolute atomic E-state index is 12.7. The summed E-state index contributed by atoms with van der Waals surface area (Å²) in [4.78, 5) is 41.8. The lowest BCUT2D eigenvalue weighted by molar-refractivity contribution is 0.0909. The molecule has 6 nitrogen and oxygen atoms in total. The molecule has 30 heavy (non-hydrogen) atoms. The van der Waals surface area contributed by atoms with Crippen LogP contribution in [0, 0.1) is 16.7 Å². The minimum Gasteiger partial charge on any atom is -0.422 e. The van der Waals surface area contributed by atoms with Crippen LogP contribution >= 0.6 is 11.8 Å². The maximum atomic E-state index is 12.7. The molecule has 0 spiro atoms. The number of rotatable bonds is 4. The van der Waals surface area contributed by atoms with Crippen molar-refractivity contribution in [2.75, 3.05) is 5.75 Å². The van der Waals surface area contributed by atoms with E-state index in [-0.39, 0.29) is 28.1 Å². The molecule has 1 aromatic carbocycles. The molecular weight excluding hydrogens is 400 g/mol. The number of pyridine rings is 1. The van der Waals surface area contributed by atoms with Gasteiger partial charge in [-0.3, -0.25) is 9.59 Å². The monoisotopic (exact) mass is 418 g/mol. The Labute approximate surface area is 176 Å². The van der Waals surface area contributed by atoms with Gasteiger partial charge in [-0.2, -0.15) is 5.26 Å². The number of benzene rings is 1. The third-order valence-electron chi connectivity index (χ3n) is 5.05. The summed E-state index contributed by atoms with van der Waals surface area (Å²) in [6.45, 7) is 4.01. The van der Waals surface area contributed by atoms with Crippen LogP contribution in [0.25, 0.3) is 11.0 Å². The molecule has 0 saturated heterocycles. The third kappa shape index (κ3) is 3.79. The number of Topliss-reactive ketones (excluding diaryl/α,β-unsaturated/α-hetero) is 2. The van der Waals surface area contributed by atoms with Crippen LogP contribution in [0.3, 0.4) is 0 Å². The smallest absolute Gasteiger partial charge is 0.347 e. The molecule has 0 bridgehead atoms. The Morgan fingerprint density at radius 1 is 1.23 bits per heavy atom. The lowest BCUT2D eigenvalue weighted by Crippen LogP contribution is -2.28. The van der Waals surface area contributed by atoms with Gasteiger partial charge in [-0.25, -0.2) is 9.78 Å². The molecule has 0 N–H and O–H groups in total. The average Bonchev–Trinajstić information content (AvgIpc) is 2.70. The number of aromatic nitrogens is 1. The number of nitrogens with zero attached hydrogens (tertiary/aromatic N) is 2. The van der Waals surface area contributed by atoms with Crippen molar-refractivity contribution in [2.24, 2.45) is 5.41 Å². The minimum absolute atomic E-state index is 0.0216. The standard InChI is InChI=1S/C23H18N2O4S/c1-23(2)9-17-15(18(26)10-23)8-14(11-24)21(25-17)30-12-19(27)16-7-13-5-3-4-6-20(13)29-22(16)28/h3-8H,9-10,12H2,1-2H3. The van der Waals surface area contributed by atoms with E-state index in [2.05, 4.69) is 11.1 Å². The Balaban J connectivity index is 1.62. The molecule has 150 valence electrons. The number of para-hydroxylation sites is 1. The lowest BCUT2D eigenvalue weighted by Gasteiger charge is -2.29. The van der Waals surface area contributed by atoms with E-state index in [0.717, 1.165) is 11.8 Å². The summed E-state index contributed by atoms with van der Waals surface area (Å²) in [6, 6.07) is 12.1. The molecule has 7 heteroatoms. The Hall–Kier alpha value is -3.24. The maximum Gasteiger partial charge on any atom is 0.347 e. The van der Waals surface area contributed by atoms with Crippen LogP contribution in [0.1, 0.15) is 52.2 Å². The summed E-state index contributed by atoms with van der Waals surface area (Å²) in [6.07, 6.45) is 1.03. The molecule has 0 radical (unpaired) electrons. The summed E-state index contributed by atoms with van der Waals surface area (Å²) in [7, 11) is 0. The number of nitriles is 1. The first kappa shape index (κ1) is 20.0. The number of carbonyl (C=O) groups is 2. The largest absolute Gasteiger partial charge is 0.422 e. The van der Waals surface area contributed by atoms with Crippen LogP contribution in [0.2, 0.25) is 0 Å². The van der Waals surface area contributed by atoms with E-state index < -0.39 is 11.4 Å².